The minimum absolute atomic E-state index is 0.648. The summed E-state index contributed by atoms with van der Waals surface area (Å²) in [5.41, 5.74) is 2.95. The summed E-state index contributed by atoms with van der Waals surface area (Å²) in [6.07, 6.45) is 4.49. The molecule has 1 spiro atoms. The largest absolute Gasteiger partial charge is 0.380 e. The van der Waals surface area contributed by atoms with Crippen LogP contribution in [0.1, 0.15) is 18.5 Å². The van der Waals surface area contributed by atoms with Crippen LogP contribution in [0.15, 0.2) is 6.20 Å². The van der Waals surface area contributed by atoms with Crippen LogP contribution in [-0.4, -0.2) is 29.3 Å². The second-order valence-electron chi connectivity index (χ2n) is 4.76. The summed E-state index contributed by atoms with van der Waals surface area (Å²) in [4.78, 5) is 0. The first-order valence-electron chi connectivity index (χ1n) is 5.25. The van der Waals surface area contributed by atoms with Crippen LogP contribution in [0, 0.1) is 12.3 Å². The second-order valence-corrected chi connectivity index (χ2v) is 4.76. The molecule has 0 unspecified atom stereocenters. The van der Waals surface area contributed by atoms with Gasteiger partial charge in [-0.2, -0.15) is 5.10 Å². The molecule has 14 heavy (non-hydrogen) atoms. The predicted octanol–water partition coefficient (Wildman–Crippen LogP) is 0.882. The van der Waals surface area contributed by atoms with Gasteiger partial charge in [0, 0.05) is 19.1 Å². The van der Waals surface area contributed by atoms with Crippen molar-refractivity contribution >= 4 is 5.69 Å². The van der Waals surface area contributed by atoms with E-state index in [-0.39, 0.29) is 0 Å². The molecule has 0 aromatic carbocycles. The van der Waals surface area contributed by atoms with Gasteiger partial charge in [0.15, 0.2) is 0 Å². The molecule has 0 atom stereocenters. The van der Waals surface area contributed by atoms with Crippen molar-refractivity contribution in [2.45, 2.75) is 25.8 Å². The van der Waals surface area contributed by atoms with E-state index in [4.69, 9.17) is 0 Å². The zero-order valence-electron chi connectivity index (χ0n) is 8.43. The van der Waals surface area contributed by atoms with E-state index in [0.717, 1.165) is 11.4 Å². The molecule has 1 aromatic rings. The van der Waals surface area contributed by atoms with Crippen molar-refractivity contribution in [1.82, 2.24) is 15.5 Å². The molecule has 1 aliphatic carbocycles. The summed E-state index contributed by atoms with van der Waals surface area (Å²) in [7, 11) is 0. The third-order valence-electron chi connectivity index (χ3n) is 3.55. The number of nitrogens with zero attached hydrogens (tertiary/aromatic N) is 1. The van der Waals surface area contributed by atoms with Gasteiger partial charge in [-0.1, -0.05) is 0 Å². The number of nitrogens with one attached hydrogen (secondary N) is 3. The molecule has 0 amide bonds. The first-order valence-corrected chi connectivity index (χ1v) is 5.25. The highest BCUT2D eigenvalue weighted by Crippen LogP contribution is 2.45. The molecule has 4 heteroatoms. The summed E-state index contributed by atoms with van der Waals surface area (Å²) in [5, 5.41) is 13.8. The maximum atomic E-state index is 4.00. The molecule has 1 aliphatic heterocycles. The molecule has 2 heterocycles. The number of H-pyrrole nitrogens is 1. The first kappa shape index (κ1) is 8.29. The molecule has 1 saturated heterocycles. The first-order chi connectivity index (χ1) is 6.77. The van der Waals surface area contributed by atoms with Crippen molar-refractivity contribution in [1.29, 1.82) is 0 Å². The summed E-state index contributed by atoms with van der Waals surface area (Å²) >= 11 is 0. The Morgan fingerprint density at radius 1 is 1.50 bits per heavy atom. The fraction of sp³-hybridized carbons (Fsp3) is 0.700. The van der Waals surface area contributed by atoms with Crippen LogP contribution in [0.2, 0.25) is 0 Å². The van der Waals surface area contributed by atoms with Gasteiger partial charge < -0.3 is 10.6 Å². The summed E-state index contributed by atoms with van der Waals surface area (Å²) in [5.74, 6) is 0. The molecule has 4 nitrogen and oxygen atoms in total. The van der Waals surface area contributed by atoms with Gasteiger partial charge in [-0.25, -0.2) is 0 Å². The molecular weight excluding hydrogens is 176 g/mol. The van der Waals surface area contributed by atoms with Gasteiger partial charge >= 0.3 is 0 Å². The number of anilines is 1. The third-order valence-corrected chi connectivity index (χ3v) is 3.55. The van der Waals surface area contributed by atoms with Gasteiger partial charge in [-0.05, 0) is 25.2 Å². The lowest BCUT2D eigenvalue weighted by molar-refractivity contribution is 0.0470. The van der Waals surface area contributed by atoms with Crippen LogP contribution in [0.25, 0.3) is 0 Å². The van der Waals surface area contributed by atoms with Gasteiger partial charge in [-0.15, -0.1) is 0 Å². The number of aryl methyl sites for hydroxylation is 1. The van der Waals surface area contributed by atoms with Crippen molar-refractivity contribution in [2.24, 2.45) is 5.41 Å². The SMILES string of the molecule is Cc1[nH]ncc1NC1CC2(CNC2)C1. The number of aromatic amines is 1. The monoisotopic (exact) mass is 192 g/mol. The minimum Gasteiger partial charge on any atom is -0.380 e. The fourth-order valence-corrected chi connectivity index (χ4v) is 2.57. The quantitative estimate of drug-likeness (QED) is 0.652. The average Bonchev–Trinajstić information content (AvgIpc) is 2.39. The lowest BCUT2D eigenvalue weighted by Crippen LogP contribution is -2.63. The van der Waals surface area contributed by atoms with Gasteiger partial charge in [0.25, 0.3) is 0 Å². The van der Waals surface area contributed by atoms with E-state index < -0.39 is 0 Å². The average molecular weight is 192 g/mol. The molecule has 3 rings (SSSR count). The Hall–Kier alpha value is -1.03. The predicted molar refractivity (Wildman–Crippen MR) is 55.3 cm³/mol. The van der Waals surface area contributed by atoms with Crippen LogP contribution in [-0.2, 0) is 0 Å². The Morgan fingerprint density at radius 2 is 2.29 bits per heavy atom. The lowest BCUT2D eigenvalue weighted by atomic mass is 9.61. The van der Waals surface area contributed by atoms with Crippen molar-refractivity contribution in [3.63, 3.8) is 0 Å². The van der Waals surface area contributed by atoms with E-state index in [9.17, 15) is 0 Å². The molecule has 1 aromatic heterocycles. The Labute approximate surface area is 83.5 Å². The van der Waals surface area contributed by atoms with Gasteiger partial charge in [0.2, 0.25) is 0 Å². The van der Waals surface area contributed by atoms with E-state index in [0.29, 0.717) is 11.5 Å². The van der Waals surface area contributed by atoms with E-state index in [2.05, 4.69) is 27.8 Å². The maximum Gasteiger partial charge on any atom is 0.0755 e. The van der Waals surface area contributed by atoms with E-state index in [1.807, 2.05) is 6.20 Å². The third kappa shape index (κ3) is 1.14. The fourth-order valence-electron chi connectivity index (χ4n) is 2.57. The van der Waals surface area contributed by atoms with Gasteiger partial charge in [0.05, 0.1) is 17.6 Å². The number of hydrogen-bond acceptors (Lipinski definition) is 3. The van der Waals surface area contributed by atoms with Gasteiger partial charge in [0.1, 0.15) is 0 Å². The number of hydrogen-bond donors (Lipinski definition) is 3. The van der Waals surface area contributed by atoms with Crippen LogP contribution in [0.4, 0.5) is 5.69 Å². The van der Waals surface area contributed by atoms with E-state index in [1.54, 1.807) is 0 Å². The zero-order chi connectivity index (χ0) is 9.60. The van der Waals surface area contributed by atoms with Crippen LogP contribution in [0.5, 0.6) is 0 Å². The normalized spacial score (nSPS) is 24.4. The molecule has 76 valence electrons. The highest BCUT2D eigenvalue weighted by Gasteiger charge is 2.48. The van der Waals surface area contributed by atoms with E-state index in [1.165, 1.54) is 25.9 Å². The van der Waals surface area contributed by atoms with Gasteiger partial charge in [-0.3, -0.25) is 5.10 Å². The molecule has 2 fully saturated rings. The van der Waals surface area contributed by atoms with Crippen LogP contribution < -0.4 is 10.6 Å². The van der Waals surface area contributed by atoms with E-state index >= 15 is 0 Å². The number of rotatable bonds is 2. The molecular formula is C10H16N4. The summed E-state index contributed by atoms with van der Waals surface area (Å²) in [6.45, 7) is 4.49. The topological polar surface area (TPSA) is 52.7 Å². The maximum absolute atomic E-state index is 4.00. The lowest BCUT2D eigenvalue weighted by Gasteiger charge is -2.54. The minimum atomic E-state index is 0.648. The zero-order valence-corrected chi connectivity index (χ0v) is 8.43. The van der Waals surface area contributed by atoms with Crippen molar-refractivity contribution < 1.29 is 0 Å². The summed E-state index contributed by atoms with van der Waals surface area (Å²) in [6, 6.07) is 0.661. The number of aromatic nitrogens is 2. The van der Waals surface area contributed by atoms with Crippen LogP contribution >= 0.6 is 0 Å². The molecule has 0 bridgehead atoms. The smallest absolute Gasteiger partial charge is 0.0755 e. The second kappa shape index (κ2) is 2.73. The van der Waals surface area contributed by atoms with Crippen molar-refractivity contribution in [3.05, 3.63) is 11.9 Å². The molecule has 2 aliphatic rings. The summed E-state index contributed by atoms with van der Waals surface area (Å²) < 4.78 is 0. The molecule has 1 saturated carbocycles. The Kier molecular flexibility index (Phi) is 1.62. The Bertz CT molecular complexity index is 332. The van der Waals surface area contributed by atoms with Crippen molar-refractivity contribution in [2.75, 3.05) is 18.4 Å². The highest BCUT2D eigenvalue weighted by molar-refractivity contribution is 5.46. The Balaban J connectivity index is 1.58. The molecule has 0 radical (unpaired) electrons. The standard InChI is InChI=1S/C10H16N4/c1-7-9(4-12-14-7)13-8-2-10(3-8)5-11-6-10/h4,8,11,13H,2-3,5-6H2,1H3,(H,12,14). The Morgan fingerprint density at radius 3 is 2.79 bits per heavy atom. The highest BCUT2D eigenvalue weighted by atomic mass is 15.1. The van der Waals surface area contributed by atoms with Crippen molar-refractivity contribution in [3.8, 4) is 0 Å². The van der Waals surface area contributed by atoms with Crippen LogP contribution in [0.3, 0.4) is 0 Å². The molecule has 3 N–H and O–H groups in total.